The zero-order chi connectivity index (χ0) is 15.9. The van der Waals surface area contributed by atoms with Crippen molar-refractivity contribution in [3.05, 3.63) is 40.1 Å². The summed E-state index contributed by atoms with van der Waals surface area (Å²) in [6.07, 6.45) is 1.04. The van der Waals surface area contributed by atoms with Gasteiger partial charge in [0.2, 0.25) is 0 Å². The van der Waals surface area contributed by atoms with Gasteiger partial charge in [0.15, 0.2) is 5.96 Å². The summed E-state index contributed by atoms with van der Waals surface area (Å²) < 4.78 is 10.5. The van der Waals surface area contributed by atoms with Crippen LogP contribution in [0.3, 0.4) is 0 Å². The minimum atomic E-state index is 0.345. The predicted molar refractivity (Wildman–Crippen MR) is 92.2 cm³/mol. The third-order valence-corrected chi connectivity index (χ3v) is 4.35. The van der Waals surface area contributed by atoms with Crippen LogP contribution in [0.15, 0.2) is 35.3 Å². The minimum absolute atomic E-state index is 0.345. The summed E-state index contributed by atoms with van der Waals surface area (Å²) in [6.45, 7) is 2.71. The molecule has 0 aliphatic rings. The smallest absolute Gasteiger partial charge is 0.193 e. The van der Waals surface area contributed by atoms with E-state index in [0.29, 0.717) is 18.3 Å². The van der Waals surface area contributed by atoms with E-state index in [2.05, 4.69) is 29.4 Å². The van der Waals surface area contributed by atoms with Gasteiger partial charge in [-0.2, -0.15) is 0 Å². The number of nitrogens with two attached hydrogens (primary N) is 1. The molecule has 0 saturated carbocycles. The first kappa shape index (κ1) is 16.2. The van der Waals surface area contributed by atoms with Crippen molar-refractivity contribution in [1.29, 1.82) is 0 Å². The van der Waals surface area contributed by atoms with Crippen LogP contribution < -0.4 is 20.5 Å². The average molecular weight is 319 g/mol. The van der Waals surface area contributed by atoms with Crippen molar-refractivity contribution in [2.75, 3.05) is 19.5 Å². The molecule has 2 aromatic rings. The number of methoxy groups -OCH3 is 2. The maximum atomic E-state index is 5.96. The van der Waals surface area contributed by atoms with Crippen molar-refractivity contribution in [2.45, 2.75) is 19.9 Å². The van der Waals surface area contributed by atoms with Gasteiger partial charge in [0, 0.05) is 15.8 Å². The van der Waals surface area contributed by atoms with Crippen molar-refractivity contribution >= 4 is 23.0 Å². The molecule has 0 amide bonds. The normalized spacial score (nSPS) is 11.3. The molecule has 0 radical (unpaired) electrons. The van der Waals surface area contributed by atoms with Gasteiger partial charge in [-0.25, -0.2) is 4.99 Å². The largest absolute Gasteiger partial charge is 0.497 e. The van der Waals surface area contributed by atoms with E-state index in [4.69, 9.17) is 15.2 Å². The maximum Gasteiger partial charge on any atom is 0.193 e. The van der Waals surface area contributed by atoms with Crippen LogP contribution in [0.4, 0.5) is 5.69 Å². The Morgan fingerprint density at radius 2 is 1.95 bits per heavy atom. The Kier molecular flexibility index (Phi) is 5.66. The lowest BCUT2D eigenvalue weighted by Gasteiger charge is -2.12. The van der Waals surface area contributed by atoms with Crippen molar-refractivity contribution in [2.24, 2.45) is 10.7 Å². The van der Waals surface area contributed by atoms with E-state index in [1.807, 2.05) is 18.2 Å². The number of nitrogens with one attached hydrogen (secondary N) is 1. The van der Waals surface area contributed by atoms with Gasteiger partial charge in [-0.3, -0.25) is 0 Å². The van der Waals surface area contributed by atoms with E-state index >= 15 is 0 Å². The molecule has 0 aliphatic heterocycles. The lowest BCUT2D eigenvalue weighted by molar-refractivity contribution is 0.405. The second kappa shape index (κ2) is 7.70. The lowest BCUT2D eigenvalue weighted by atomic mass is 10.2. The summed E-state index contributed by atoms with van der Waals surface area (Å²) in [7, 11) is 3.23. The summed E-state index contributed by atoms with van der Waals surface area (Å²) in [5.74, 6) is 1.75. The van der Waals surface area contributed by atoms with Gasteiger partial charge in [0.05, 0.1) is 26.5 Å². The van der Waals surface area contributed by atoms with E-state index in [0.717, 1.165) is 17.9 Å². The lowest BCUT2D eigenvalue weighted by Crippen LogP contribution is -2.22. The van der Waals surface area contributed by atoms with Crippen molar-refractivity contribution in [3.8, 4) is 11.5 Å². The molecule has 0 saturated heterocycles. The first-order chi connectivity index (χ1) is 10.7. The highest BCUT2D eigenvalue weighted by molar-refractivity contribution is 7.11. The van der Waals surface area contributed by atoms with Gasteiger partial charge in [0.25, 0.3) is 0 Å². The standard InChI is InChI=1S/C16H21N3O2S/c1-4-12-6-7-13(22-12)10-18-16(17)19-14-9-11(20-2)5-8-15(14)21-3/h5-9H,4,10H2,1-3H3,(H3,17,18,19). The Balaban J connectivity index is 2.07. The monoisotopic (exact) mass is 319 g/mol. The number of aryl methyl sites for hydroxylation is 1. The van der Waals surface area contributed by atoms with Gasteiger partial charge in [0.1, 0.15) is 11.5 Å². The van der Waals surface area contributed by atoms with Crippen LogP contribution in [0.1, 0.15) is 16.7 Å². The van der Waals surface area contributed by atoms with E-state index in [9.17, 15) is 0 Å². The van der Waals surface area contributed by atoms with Crippen LogP contribution in [0, 0.1) is 0 Å². The van der Waals surface area contributed by atoms with Gasteiger partial charge in [-0.1, -0.05) is 6.92 Å². The molecular weight excluding hydrogens is 298 g/mol. The van der Waals surface area contributed by atoms with Gasteiger partial charge < -0.3 is 20.5 Å². The van der Waals surface area contributed by atoms with E-state index in [-0.39, 0.29) is 0 Å². The number of anilines is 1. The molecule has 0 spiro atoms. The topological polar surface area (TPSA) is 68.9 Å². The molecule has 0 unspecified atom stereocenters. The molecule has 1 aromatic carbocycles. The van der Waals surface area contributed by atoms with Crippen LogP contribution in [-0.4, -0.2) is 20.2 Å². The van der Waals surface area contributed by atoms with Crippen LogP contribution in [-0.2, 0) is 13.0 Å². The highest BCUT2D eigenvalue weighted by atomic mass is 32.1. The zero-order valence-corrected chi connectivity index (χ0v) is 13.9. The third kappa shape index (κ3) is 4.14. The quantitative estimate of drug-likeness (QED) is 0.633. The molecule has 2 rings (SSSR count). The van der Waals surface area contributed by atoms with Crippen molar-refractivity contribution < 1.29 is 9.47 Å². The maximum absolute atomic E-state index is 5.96. The number of nitrogens with zero attached hydrogens (tertiary/aromatic N) is 1. The first-order valence-corrected chi connectivity index (χ1v) is 7.84. The highest BCUT2D eigenvalue weighted by Gasteiger charge is 2.06. The number of hydrogen-bond donors (Lipinski definition) is 2. The summed E-state index contributed by atoms with van der Waals surface area (Å²) >= 11 is 1.76. The molecule has 1 aromatic heterocycles. The van der Waals surface area contributed by atoms with E-state index in [1.165, 1.54) is 9.75 Å². The fourth-order valence-electron chi connectivity index (χ4n) is 1.95. The fourth-order valence-corrected chi connectivity index (χ4v) is 2.83. The van der Waals surface area contributed by atoms with Gasteiger partial charge in [-0.05, 0) is 30.7 Å². The number of aliphatic imine (C=N–C) groups is 1. The number of ether oxygens (including phenoxy) is 2. The minimum Gasteiger partial charge on any atom is -0.497 e. The molecule has 1 heterocycles. The molecule has 3 N–H and O–H groups in total. The Bertz CT molecular complexity index is 653. The van der Waals surface area contributed by atoms with Crippen LogP contribution in [0.2, 0.25) is 0 Å². The Morgan fingerprint density at radius 1 is 1.18 bits per heavy atom. The number of thiophene rings is 1. The van der Waals surface area contributed by atoms with Crippen molar-refractivity contribution in [1.82, 2.24) is 0 Å². The summed E-state index contributed by atoms with van der Waals surface area (Å²) in [5, 5.41) is 3.05. The number of benzene rings is 1. The molecular formula is C16H21N3O2S. The van der Waals surface area contributed by atoms with Crippen LogP contribution in [0.5, 0.6) is 11.5 Å². The first-order valence-electron chi connectivity index (χ1n) is 7.02. The molecule has 0 bridgehead atoms. The Labute approximate surface area is 134 Å². The van der Waals surface area contributed by atoms with Crippen molar-refractivity contribution in [3.63, 3.8) is 0 Å². The molecule has 5 nitrogen and oxygen atoms in total. The molecule has 0 aliphatic carbocycles. The number of hydrogen-bond acceptors (Lipinski definition) is 4. The molecule has 22 heavy (non-hydrogen) atoms. The number of guanidine groups is 1. The van der Waals surface area contributed by atoms with Gasteiger partial charge >= 0.3 is 0 Å². The van der Waals surface area contributed by atoms with Crippen LogP contribution in [0.25, 0.3) is 0 Å². The predicted octanol–water partition coefficient (Wildman–Crippen LogP) is 3.25. The molecule has 6 heteroatoms. The Hall–Kier alpha value is -2.21. The summed E-state index contributed by atoms with van der Waals surface area (Å²) in [4.78, 5) is 6.91. The summed E-state index contributed by atoms with van der Waals surface area (Å²) in [6, 6.07) is 9.69. The van der Waals surface area contributed by atoms with Crippen LogP contribution >= 0.6 is 11.3 Å². The van der Waals surface area contributed by atoms with Gasteiger partial charge in [-0.15, -0.1) is 11.3 Å². The zero-order valence-electron chi connectivity index (χ0n) is 13.1. The third-order valence-electron chi connectivity index (χ3n) is 3.14. The summed E-state index contributed by atoms with van der Waals surface area (Å²) in [5.41, 5.74) is 6.68. The average Bonchev–Trinajstić information content (AvgIpc) is 3.01. The molecule has 0 fully saturated rings. The fraction of sp³-hybridized carbons (Fsp3) is 0.312. The SMILES string of the molecule is CCc1ccc(CN=C(N)Nc2cc(OC)ccc2OC)s1. The highest BCUT2D eigenvalue weighted by Crippen LogP contribution is 2.28. The molecule has 0 atom stereocenters. The Morgan fingerprint density at radius 3 is 2.59 bits per heavy atom. The second-order valence-electron chi connectivity index (χ2n) is 4.61. The second-order valence-corrected chi connectivity index (χ2v) is 5.87. The van der Waals surface area contributed by atoms with E-state index < -0.39 is 0 Å². The number of rotatable bonds is 6. The van der Waals surface area contributed by atoms with E-state index in [1.54, 1.807) is 25.6 Å². The molecule has 118 valence electrons.